The van der Waals surface area contributed by atoms with Gasteiger partial charge in [0.25, 0.3) is 0 Å². The molecule has 3 N–H and O–H groups in total. The molecule has 1 unspecified atom stereocenters. The van der Waals surface area contributed by atoms with E-state index >= 15 is 0 Å². The lowest BCUT2D eigenvalue weighted by atomic mass is 10.3. The monoisotopic (exact) mass is 312 g/mol. The third-order valence-corrected chi connectivity index (χ3v) is 4.35. The number of nitrogens with one attached hydrogen (secondary N) is 1. The van der Waals surface area contributed by atoms with Gasteiger partial charge in [-0.05, 0) is 25.1 Å². The van der Waals surface area contributed by atoms with Gasteiger partial charge in [0.2, 0.25) is 5.91 Å². The second kappa shape index (κ2) is 7.99. The van der Waals surface area contributed by atoms with Crippen LogP contribution in [0.3, 0.4) is 0 Å². The molecule has 0 aromatic heterocycles. The van der Waals surface area contributed by atoms with Crippen molar-refractivity contribution in [1.82, 2.24) is 5.32 Å². The summed E-state index contributed by atoms with van der Waals surface area (Å²) in [6.45, 7) is 2.13. The Balaban J connectivity index is 1.84. The highest BCUT2D eigenvalue weighted by atomic mass is 32.2. The van der Waals surface area contributed by atoms with E-state index in [1.54, 1.807) is 18.2 Å². The number of carbonyl (C=O) groups excluding carboxylic acids is 1. The minimum atomic E-state index is -1.23. The van der Waals surface area contributed by atoms with Gasteiger partial charge >= 0.3 is 0 Å². The van der Waals surface area contributed by atoms with Gasteiger partial charge in [0.15, 0.2) is 11.5 Å². The van der Waals surface area contributed by atoms with E-state index in [9.17, 15) is 9.00 Å². The van der Waals surface area contributed by atoms with Crippen molar-refractivity contribution in [2.24, 2.45) is 5.73 Å². The summed E-state index contributed by atoms with van der Waals surface area (Å²) in [7, 11) is -1.23. The molecule has 116 valence electrons. The number of ether oxygens (including phenoxy) is 2. The van der Waals surface area contributed by atoms with Crippen LogP contribution >= 0.6 is 0 Å². The van der Waals surface area contributed by atoms with Crippen LogP contribution in [-0.4, -0.2) is 42.2 Å². The maximum absolute atomic E-state index is 12.2. The molecule has 1 aromatic carbocycles. The average molecular weight is 312 g/mol. The molecule has 1 atom stereocenters. The summed E-state index contributed by atoms with van der Waals surface area (Å²) in [4.78, 5) is 12.2. The molecule has 2 rings (SSSR count). The van der Waals surface area contributed by atoms with E-state index in [-0.39, 0.29) is 18.1 Å². The van der Waals surface area contributed by atoms with Gasteiger partial charge in [-0.2, -0.15) is 0 Å². The molecule has 0 fully saturated rings. The first-order valence-electron chi connectivity index (χ1n) is 6.95. The predicted octanol–water partition coefficient (Wildman–Crippen LogP) is 0.420. The standard InChI is InChI=1S/C14H20N2O4S/c15-5-1-6-16-14(17)4-9-21(18)11-2-3-12-13(10-11)20-8-7-19-12/h2-3,10H,1,4-9,15H2,(H,16,17). The summed E-state index contributed by atoms with van der Waals surface area (Å²) in [5.74, 6) is 1.46. The third-order valence-electron chi connectivity index (χ3n) is 2.99. The van der Waals surface area contributed by atoms with Crippen LogP contribution in [0.1, 0.15) is 12.8 Å². The van der Waals surface area contributed by atoms with E-state index in [0.29, 0.717) is 42.7 Å². The topological polar surface area (TPSA) is 90.7 Å². The van der Waals surface area contributed by atoms with Gasteiger partial charge in [-0.15, -0.1) is 0 Å². The maximum Gasteiger partial charge on any atom is 0.220 e. The number of benzene rings is 1. The van der Waals surface area contributed by atoms with Gasteiger partial charge in [-0.3, -0.25) is 9.00 Å². The summed E-state index contributed by atoms with van der Waals surface area (Å²) in [6.07, 6.45) is 0.975. The Morgan fingerprint density at radius 1 is 1.29 bits per heavy atom. The second-order valence-electron chi connectivity index (χ2n) is 4.60. The van der Waals surface area contributed by atoms with Crippen LogP contribution in [0.25, 0.3) is 0 Å². The molecule has 0 radical (unpaired) electrons. The maximum atomic E-state index is 12.2. The summed E-state index contributed by atoms with van der Waals surface area (Å²) in [5, 5.41) is 2.74. The Morgan fingerprint density at radius 3 is 2.81 bits per heavy atom. The highest BCUT2D eigenvalue weighted by molar-refractivity contribution is 7.85. The van der Waals surface area contributed by atoms with Crippen LogP contribution < -0.4 is 20.5 Å². The van der Waals surface area contributed by atoms with Crippen molar-refractivity contribution in [1.29, 1.82) is 0 Å². The van der Waals surface area contributed by atoms with Gasteiger partial charge in [0.05, 0.1) is 10.8 Å². The molecule has 0 aliphatic carbocycles. The molecule has 1 aromatic rings. The number of hydrogen-bond acceptors (Lipinski definition) is 5. The number of rotatable bonds is 7. The summed E-state index contributed by atoms with van der Waals surface area (Å²) in [6, 6.07) is 5.22. The predicted molar refractivity (Wildman–Crippen MR) is 80.0 cm³/mol. The third kappa shape index (κ3) is 4.71. The van der Waals surface area contributed by atoms with Crippen LogP contribution in [0, 0.1) is 0 Å². The normalized spacial score (nSPS) is 14.5. The molecule has 0 saturated carbocycles. The highest BCUT2D eigenvalue weighted by Crippen LogP contribution is 2.31. The fourth-order valence-corrected chi connectivity index (χ4v) is 2.95. The Kier molecular flexibility index (Phi) is 6.01. The Morgan fingerprint density at radius 2 is 2.05 bits per heavy atom. The fraction of sp³-hybridized carbons (Fsp3) is 0.500. The van der Waals surface area contributed by atoms with Crippen molar-refractivity contribution >= 4 is 16.7 Å². The number of nitrogens with two attached hydrogens (primary N) is 1. The second-order valence-corrected chi connectivity index (χ2v) is 6.17. The zero-order valence-electron chi connectivity index (χ0n) is 11.8. The highest BCUT2D eigenvalue weighted by Gasteiger charge is 2.14. The van der Waals surface area contributed by atoms with E-state index in [2.05, 4.69) is 5.32 Å². The first-order valence-corrected chi connectivity index (χ1v) is 8.27. The molecular weight excluding hydrogens is 292 g/mol. The Bertz CT molecular complexity index is 522. The molecule has 21 heavy (non-hydrogen) atoms. The van der Waals surface area contributed by atoms with Gasteiger partial charge in [-0.1, -0.05) is 0 Å². The smallest absolute Gasteiger partial charge is 0.220 e. The number of hydrogen-bond donors (Lipinski definition) is 2. The Hall–Kier alpha value is -1.60. The van der Waals surface area contributed by atoms with Crippen LogP contribution in [0.15, 0.2) is 23.1 Å². The average Bonchev–Trinajstić information content (AvgIpc) is 2.52. The van der Waals surface area contributed by atoms with E-state index in [1.165, 1.54) is 0 Å². The lowest BCUT2D eigenvalue weighted by molar-refractivity contribution is -0.120. The number of fused-ring (bicyclic) bond motifs is 1. The largest absolute Gasteiger partial charge is 0.486 e. The van der Waals surface area contributed by atoms with Crippen molar-refractivity contribution in [3.8, 4) is 11.5 Å². The number of amides is 1. The number of carbonyl (C=O) groups is 1. The minimum Gasteiger partial charge on any atom is -0.486 e. The lowest BCUT2D eigenvalue weighted by Crippen LogP contribution is -2.27. The van der Waals surface area contributed by atoms with Crippen LogP contribution in [0.4, 0.5) is 0 Å². The molecule has 1 heterocycles. The lowest BCUT2D eigenvalue weighted by Gasteiger charge is -2.18. The van der Waals surface area contributed by atoms with Crippen molar-refractivity contribution < 1.29 is 18.5 Å². The fourth-order valence-electron chi connectivity index (χ4n) is 1.89. The van der Waals surface area contributed by atoms with Gasteiger partial charge < -0.3 is 20.5 Å². The van der Waals surface area contributed by atoms with E-state index in [4.69, 9.17) is 15.2 Å². The summed E-state index contributed by atoms with van der Waals surface area (Å²) < 4.78 is 23.0. The zero-order chi connectivity index (χ0) is 15.1. The van der Waals surface area contributed by atoms with Crippen molar-refractivity contribution in [2.45, 2.75) is 17.7 Å². The van der Waals surface area contributed by atoms with E-state index in [1.807, 2.05) is 0 Å². The summed E-state index contributed by atoms with van der Waals surface area (Å²) >= 11 is 0. The molecule has 0 saturated heterocycles. The van der Waals surface area contributed by atoms with Crippen LogP contribution in [-0.2, 0) is 15.6 Å². The van der Waals surface area contributed by atoms with Crippen LogP contribution in [0.2, 0.25) is 0 Å². The molecule has 6 nitrogen and oxygen atoms in total. The first-order chi connectivity index (χ1) is 10.2. The molecule has 1 amide bonds. The Labute approximate surface area is 126 Å². The minimum absolute atomic E-state index is 0.102. The molecule has 1 aliphatic heterocycles. The molecular formula is C14H20N2O4S. The quantitative estimate of drug-likeness (QED) is 0.712. The molecule has 0 spiro atoms. The first kappa shape index (κ1) is 15.8. The van der Waals surface area contributed by atoms with Gasteiger partial charge in [0.1, 0.15) is 13.2 Å². The molecule has 7 heteroatoms. The van der Waals surface area contributed by atoms with Crippen molar-refractivity contribution in [3.05, 3.63) is 18.2 Å². The van der Waals surface area contributed by atoms with Crippen molar-refractivity contribution in [3.63, 3.8) is 0 Å². The molecule has 1 aliphatic rings. The SMILES string of the molecule is NCCCNC(=O)CCS(=O)c1ccc2c(c1)OCCO2. The summed E-state index contributed by atoms with van der Waals surface area (Å²) in [5.41, 5.74) is 5.35. The zero-order valence-corrected chi connectivity index (χ0v) is 12.6. The molecule has 0 bridgehead atoms. The van der Waals surface area contributed by atoms with Crippen LogP contribution in [0.5, 0.6) is 11.5 Å². The van der Waals surface area contributed by atoms with E-state index < -0.39 is 10.8 Å². The van der Waals surface area contributed by atoms with Gasteiger partial charge in [-0.25, -0.2) is 0 Å². The van der Waals surface area contributed by atoms with Crippen molar-refractivity contribution in [2.75, 3.05) is 32.1 Å². The van der Waals surface area contributed by atoms with E-state index in [0.717, 1.165) is 6.42 Å². The van der Waals surface area contributed by atoms with Gasteiger partial charge in [0, 0.05) is 29.7 Å².